The Kier molecular flexibility index (Phi) is 4.12. The van der Waals surface area contributed by atoms with E-state index in [0.717, 1.165) is 22.8 Å². The first-order chi connectivity index (χ1) is 13.7. The molecule has 7 nitrogen and oxygen atoms in total. The predicted octanol–water partition coefficient (Wildman–Crippen LogP) is 3.70. The molecule has 0 bridgehead atoms. The second-order valence-corrected chi connectivity index (χ2v) is 7.50. The molecule has 8 heteroatoms. The summed E-state index contributed by atoms with van der Waals surface area (Å²) in [4.78, 5) is 20.9. The highest BCUT2D eigenvalue weighted by Crippen LogP contribution is 2.34. The van der Waals surface area contributed by atoms with Crippen molar-refractivity contribution in [3.8, 4) is 11.5 Å². The third-order valence-corrected chi connectivity index (χ3v) is 5.58. The van der Waals surface area contributed by atoms with Crippen molar-refractivity contribution >= 4 is 22.8 Å². The zero-order valence-electron chi connectivity index (χ0n) is 15.1. The summed E-state index contributed by atoms with van der Waals surface area (Å²) in [5.74, 6) is 2.86. The van der Waals surface area contributed by atoms with Gasteiger partial charge in [-0.3, -0.25) is 9.36 Å². The van der Waals surface area contributed by atoms with Crippen molar-refractivity contribution in [2.75, 3.05) is 6.79 Å². The lowest BCUT2D eigenvalue weighted by atomic mass is 10.2. The summed E-state index contributed by atoms with van der Waals surface area (Å²) in [6, 6.07) is 11.4. The fourth-order valence-electron chi connectivity index (χ4n) is 3.20. The highest BCUT2D eigenvalue weighted by atomic mass is 32.2. The van der Waals surface area contributed by atoms with E-state index in [2.05, 4.69) is 4.98 Å². The van der Waals surface area contributed by atoms with Gasteiger partial charge in [-0.15, -0.1) is 0 Å². The number of fused-ring (bicyclic) bond motifs is 2. The van der Waals surface area contributed by atoms with Gasteiger partial charge in [0.15, 0.2) is 16.7 Å². The van der Waals surface area contributed by atoms with Crippen LogP contribution in [0.25, 0.3) is 11.0 Å². The number of nitrogens with one attached hydrogen (secondary N) is 1. The van der Waals surface area contributed by atoms with Gasteiger partial charge in [-0.25, -0.2) is 4.98 Å². The van der Waals surface area contributed by atoms with E-state index in [-0.39, 0.29) is 12.4 Å². The number of aromatic amines is 1. The number of furan rings is 1. The maximum Gasteiger partial charge on any atom is 0.278 e. The Labute approximate surface area is 164 Å². The first-order valence-corrected chi connectivity index (χ1v) is 9.80. The van der Waals surface area contributed by atoms with Gasteiger partial charge >= 0.3 is 0 Å². The van der Waals surface area contributed by atoms with E-state index in [1.165, 1.54) is 11.8 Å². The van der Waals surface area contributed by atoms with Crippen LogP contribution in [0.3, 0.4) is 0 Å². The van der Waals surface area contributed by atoms with Gasteiger partial charge in [0.2, 0.25) is 6.79 Å². The van der Waals surface area contributed by atoms with Crippen LogP contribution < -0.4 is 15.0 Å². The van der Waals surface area contributed by atoms with Gasteiger partial charge < -0.3 is 18.9 Å². The number of nitrogens with zero attached hydrogens (tertiary/aromatic N) is 2. The number of benzene rings is 1. The number of thioether (sulfide) groups is 1. The molecule has 1 aromatic carbocycles. The molecule has 0 unspecified atom stereocenters. The Morgan fingerprint density at radius 2 is 2.11 bits per heavy atom. The molecule has 3 aromatic heterocycles. The summed E-state index contributed by atoms with van der Waals surface area (Å²) in [5.41, 5.74) is 3.05. The van der Waals surface area contributed by atoms with Gasteiger partial charge in [-0.05, 0) is 42.8 Å². The van der Waals surface area contributed by atoms with Crippen LogP contribution in [-0.4, -0.2) is 21.3 Å². The van der Waals surface area contributed by atoms with Crippen molar-refractivity contribution in [1.82, 2.24) is 14.5 Å². The molecule has 0 aliphatic carbocycles. The third kappa shape index (κ3) is 3.05. The minimum absolute atomic E-state index is 0.109. The minimum atomic E-state index is -0.109. The predicted molar refractivity (Wildman–Crippen MR) is 105 cm³/mol. The van der Waals surface area contributed by atoms with Gasteiger partial charge in [0.05, 0.1) is 18.3 Å². The largest absolute Gasteiger partial charge is 0.467 e. The summed E-state index contributed by atoms with van der Waals surface area (Å²) < 4.78 is 17.9. The molecule has 0 radical (unpaired) electrons. The van der Waals surface area contributed by atoms with E-state index < -0.39 is 0 Å². The highest BCUT2D eigenvalue weighted by molar-refractivity contribution is 7.98. The second kappa shape index (κ2) is 6.79. The lowest BCUT2D eigenvalue weighted by Gasteiger charge is -2.11. The Morgan fingerprint density at radius 1 is 1.21 bits per heavy atom. The van der Waals surface area contributed by atoms with Crippen LogP contribution in [0.1, 0.15) is 17.0 Å². The van der Waals surface area contributed by atoms with Crippen molar-refractivity contribution in [2.45, 2.75) is 24.4 Å². The second-order valence-electron chi connectivity index (χ2n) is 6.55. The van der Waals surface area contributed by atoms with E-state index in [1.54, 1.807) is 10.8 Å². The summed E-state index contributed by atoms with van der Waals surface area (Å²) in [6.45, 7) is 2.49. The molecule has 1 aliphatic rings. The van der Waals surface area contributed by atoms with Crippen molar-refractivity contribution in [1.29, 1.82) is 0 Å². The molecule has 142 valence electrons. The van der Waals surface area contributed by atoms with Gasteiger partial charge in [-0.2, -0.15) is 0 Å². The number of hydrogen-bond acceptors (Lipinski definition) is 6. The molecular weight excluding hydrogens is 378 g/mol. The molecule has 0 saturated carbocycles. The maximum atomic E-state index is 13.1. The number of ether oxygens (including phenoxy) is 2. The molecule has 0 amide bonds. The van der Waals surface area contributed by atoms with Crippen molar-refractivity contribution in [2.24, 2.45) is 0 Å². The molecule has 4 heterocycles. The van der Waals surface area contributed by atoms with Gasteiger partial charge in [0.25, 0.3) is 5.56 Å². The molecule has 0 fully saturated rings. The fraction of sp³-hybridized carbons (Fsp3) is 0.200. The Balaban J connectivity index is 1.50. The summed E-state index contributed by atoms with van der Waals surface area (Å²) in [7, 11) is 0. The summed E-state index contributed by atoms with van der Waals surface area (Å²) in [6.07, 6.45) is 1.60. The van der Waals surface area contributed by atoms with Crippen LogP contribution in [0.15, 0.2) is 57.0 Å². The number of aromatic nitrogens is 3. The van der Waals surface area contributed by atoms with Crippen LogP contribution in [0.4, 0.5) is 0 Å². The first kappa shape index (κ1) is 17.0. The monoisotopic (exact) mass is 395 g/mol. The standard InChI is InChI=1S/C20H17N3O4S/c1-12-7-15-18(21-12)19(24)23(9-14-3-2-6-25-14)20(22-15)28-10-13-4-5-16-17(8-13)27-11-26-16/h2-8,21H,9-11H2,1H3. The average molecular weight is 395 g/mol. The van der Waals surface area contributed by atoms with Crippen LogP contribution in [-0.2, 0) is 12.3 Å². The van der Waals surface area contributed by atoms with E-state index in [1.807, 2.05) is 43.3 Å². The van der Waals surface area contributed by atoms with Gasteiger partial charge in [0, 0.05) is 11.4 Å². The number of hydrogen-bond donors (Lipinski definition) is 1. The Bertz CT molecular complexity index is 1210. The quantitative estimate of drug-likeness (QED) is 0.410. The molecular formula is C20H17N3O4S. The summed E-state index contributed by atoms with van der Waals surface area (Å²) >= 11 is 1.51. The molecule has 1 aliphatic heterocycles. The molecule has 1 N–H and O–H groups in total. The molecule has 28 heavy (non-hydrogen) atoms. The topological polar surface area (TPSA) is 82.3 Å². The van der Waals surface area contributed by atoms with E-state index >= 15 is 0 Å². The van der Waals surface area contributed by atoms with Crippen molar-refractivity contribution in [3.63, 3.8) is 0 Å². The van der Waals surface area contributed by atoms with Gasteiger partial charge in [-0.1, -0.05) is 17.8 Å². The fourth-order valence-corrected chi connectivity index (χ4v) is 4.14. The van der Waals surface area contributed by atoms with Gasteiger partial charge in [0.1, 0.15) is 11.3 Å². The Hall–Kier alpha value is -3.13. The normalized spacial score (nSPS) is 12.8. The van der Waals surface area contributed by atoms with Crippen molar-refractivity contribution < 1.29 is 13.9 Å². The molecule has 0 atom stereocenters. The smallest absolute Gasteiger partial charge is 0.278 e. The molecule has 4 aromatic rings. The first-order valence-electron chi connectivity index (χ1n) is 8.81. The van der Waals surface area contributed by atoms with Crippen LogP contribution in [0, 0.1) is 6.92 Å². The van der Waals surface area contributed by atoms with E-state index in [0.29, 0.717) is 34.2 Å². The van der Waals surface area contributed by atoms with Crippen LogP contribution in [0.2, 0.25) is 0 Å². The van der Waals surface area contributed by atoms with Crippen LogP contribution >= 0.6 is 11.8 Å². The molecule has 0 spiro atoms. The molecule has 5 rings (SSSR count). The van der Waals surface area contributed by atoms with E-state index in [4.69, 9.17) is 18.9 Å². The minimum Gasteiger partial charge on any atom is -0.467 e. The SMILES string of the molecule is Cc1cc2nc(SCc3ccc4c(c3)OCO4)n(Cc3ccco3)c(=O)c2[nH]1. The zero-order valence-corrected chi connectivity index (χ0v) is 15.9. The van der Waals surface area contributed by atoms with E-state index in [9.17, 15) is 4.79 Å². The number of rotatable bonds is 5. The third-order valence-electron chi connectivity index (χ3n) is 4.54. The van der Waals surface area contributed by atoms with Crippen LogP contribution in [0.5, 0.6) is 11.5 Å². The highest BCUT2D eigenvalue weighted by Gasteiger charge is 2.17. The summed E-state index contributed by atoms with van der Waals surface area (Å²) in [5, 5.41) is 0.644. The average Bonchev–Trinajstić information content (AvgIpc) is 3.42. The lowest BCUT2D eigenvalue weighted by molar-refractivity contribution is 0.174. The zero-order chi connectivity index (χ0) is 19.1. The maximum absolute atomic E-state index is 13.1. The number of H-pyrrole nitrogens is 1. The lowest BCUT2D eigenvalue weighted by Crippen LogP contribution is -2.23. The molecule has 0 saturated heterocycles. The number of aryl methyl sites for hydroxylation is 1. The Morgan fingerprint density at radius 3 is 2.96 bits per heavy atom. The van der Waals surface area contributed by atoms with Crippen molar-refractivity contribution in [3.05, 3.63) is 70.0 Å².